The summed E-state index contributed by atoms with van der Waals surface area (Å²) in [6.07, 6.45) is 10.1. The van der Waals surface area contributed by atoms with Crippen LogP contribution in [0.15, 0.2) is 72.8 Å². The van der Waals surface area contributed by atoms with E-state index in [0.29, 0.717) is 0 Å². The van der Waals surface area contributed by atoms with Gasteiger partial charge in [0.25, 0.3) is 0 Å². The Morgan fingerprint density at radius 2 is 1.18 bits per heavy atom. The Bertz CT molecular complexity index is 518. The van der Waals surface area contributed by atoms with E-state index in [2.05, 4.69) is 96.8 Å². The van der Waals surface area contributed by atoms with Crippen molar-refractivity contribution in [3.05, 3.63) is 83.9 Å². The van der Waals surface area contributed by atoms with Gasteiger partial charge in [-0.15, -0.1) is 0 Å². The summed E-state index contributed by atoms with van der Waals surface area (Å²) < 4.78 is 0. The minimum Gasteiger partial charge on any atom is -0.296 e. The molecule has 22 heavy (non-hydrogen) atoms. The molecule has 0 heterocycles. The van der Waals surface area contributed by atoms with Crippen LogP contribution in [-0.2, 0) is 0 Å². The maximum atomic E-state index is 2.46. The van der Waals surface area contributed by atoms with E-state index in [1.807, 2.05) is 0 Å². The van der Waals surface area contributed by atoms with Crippen LogP contribution in [0.4, 0.5) is 0 Å². The molecular formula is C21H25N. The van der Waals surface area contributed by atoms with Crippen LogP contribution in [0, 0.1) is 0 Å². The van der Waals surface area contributed by atoms with Gasteiger partial charge in [0.05, 0.1) is 0 Å². The van der Waals surface area contributed by atoms with E-state index in [0.717, 1.165) is 19.6 Å². The van der Waals surface area contributed by atoms with Crippen LogP contribution in [0.5, 0.6) is 0 Å². The van der Waals surface area contributed by atoms with Crippen molar-refractivity contribution >= 4 is 12.2 Å². The van der Waals surface area contributed by atoms with Crippen LogP contribution in [0.2, 0.25) is 0 Å². The summed E-state index contributed by atoms with van der Waals surface area (Å²) in [5.41, 5.74) is 2.53. The van der Waals surface area contributed by atoms with Gasteiger partial charge in [-0.05, 0) is 24.1 Å². The van der Waals surface area contributed by atoms with E-state index in [9.17, 15) is 0 Å². The molecule has 0 saturated heterocycles. The Balaban J connectivity index is 1.84. The summed E-state index contributed by atoms with van der Waals surface area (Å²) >= 11 is 0. The molecule has 2 aromatic carbocycles. The Morgan fingerprint density at radius 3 is 1.59 bits per heavy atom. The fourth-order valence-corrected chi connectivity index (χ4v) is 2.38. The van der Waals surface area contributed by atoms with Crippen LogP contribution in [-0.4, -0.2) is 24.5 Å². The number of benzene rings is 2. The number of hydrogen-bond acceptors (Lipinski definition) is 1. The molecule has 1 nitrogen and oxygen atoms in total. The molecule has 0 unspecified atom stereocenters. The maximum absolute atomic E-state index is 2.46. The van der Waals surface area contributed by atoms with Crippen molar-refractivity contribution in [1.29, 1.82) is 0 Å². The monoisotopic (exact) mass is 291 g/mol. The zero-order chi connectivity index (χ0) is 15.5. The first kappa shape index (κ1) is 16.3. The fourth-order valence-electron chi connectivity index (χ4n) is 2.38. The highest BCUT2D eigenvalue weighted by Gasteiger charge is 1.98. The van der Waals surface area contributed by atoms with Crippen molar-refractivity contribution < 1.29 is 0 Å². The third-order valence-corrected chi connectivity index (χ3v) is 3.49. The van der Waals surface area contributed by atoms with Crippen LogP contribution in [0.1, 0.15) is 24.5 Å². The largest absolute Gasteiger partial charge is 0.296 e. The minimum absolute atomic E-state index is 0.988. The average Bonchev–Trinajstić information content (AvgIpc) is 2.57. The lowest BCUT2D eigenvalue weighted by Crippen LogP contribution is -2.24. The van der Waals surface area contributed by atoms with Crippen LogP contribution >= 0.6 is 0 Å². The molecule has 1 heteroatoms. The lowest BCUT2D eigenvalue weighted by molar-refractivity contribution is 0.336. The molecule has 0 aliphatic carbocycles. The zero-order valence-corrected chi connectivity index (χ0v) is 13.4. The quantitative estimate of drug-likeness (QED) is 0.652. The van der Waals surface area contributed by atoms with E-state index in [-0.39, 0.29) is 0 Å². The number of hydrogen-bond donors (Lipinski definition) is 0. The highest BCUT2D eigenvalue weighted by molar-refractivity contribution is 5.49. The first-order valence-electron chi connectivity index (χ1n) is 8.04. The van der Waals surface area contributed by atoms with Crippen molar-refractivity contribution in [1.82, 2.24) is 4.90 Å². The molecule has 0 fully saturated rings. The Kier molecular flexibility index (Phi) is 7.20. The molecule has 0 atom stereocenters. The third-order valence-electron chi connectivity index (χ3n) is 3.49. The zero-order valence-electron chi connectivity index (χ0n) is 13.4. The summed E-state index contributed by atoms with van der Waals surface area (Å²) in [6, 6.07) is 20.9. The van der Waals surface area contributed by atoms with Gasteiger partial charge in [0, 0.05) is 13.1 Å². The van der Waals surface area contributed by atoms with Gasteiger partial charge in [-0.3, -0.25) is 4.90 Å². The summed E-state index contributed by atoms with van der Waals surface area (Å²) in [7, 11) is 0. The van der Waals surface area contributed by atoms with Crippen molar-refractivity contribution in [3.8, 4) is 0 Å². The molecule has 2 aromatic rings. The second-order valence-corrected chi connectivity index (χ2v) is 5.39. The Morgan fingerprint density at radius 1 is 0.727 bits per heavy atom. The molecule has 0 bridgehead atoms. The third kappa shape index (κ3) is 6.11. The fraction of sp³-hybridized carbons (Fsp3) is 0.238. The second-order valence-electron chi connectivity index (χ2n) is 5.39. The van der Waals surface area contributed by atoms with Crippen LogP contribution in [0.25, 0.3) is 12.2 Å². The standard InChI is InChI=1S/C21H25N/c1-2-17-22(18-9-15-20-11-5-3-6-12-20)19-10-16-21-13-7-4-8-14-21/h3-16H,2,17-19H2,1H3/b15-9+,16-10+. The topological polar surface area (TPSA) is 3.24 Å². The highest BCUT2D eigenvalue weighted by atomic mass is 15.1. The summed E-state index contributed by atoms with van der Waals surface area (Å²) in [5.74, 6) is 0. The van der Waals surface area contributed by atoms with Gasteiger partial charge in [-0.2, -0.15) is 0 Å². The van der Waals surface area contributed by atoms with Crippen LogP contribution in [0.3, 0.4) is 0 Å². The second kappa shape index (κ2) is 9.75. The van der Waals surface area contributed by atoms with Crippen LogP contribution < -0.4 is 0 Å². The van der Waals surface area contributed by atoms with Gasteiger partial charge in [-0.1, -0.05) is 91.9 Å². The highest BCUT2D eigenvalue weighted by Crippen LogP contribution is 2.04. The van der Waals surface area contributed by atoms with Crippen molar-refractivity contribution in [3.63, 3.8) is 0 Å². The summed E-state index contributed by atoms with van der Waals surface area (Å²) in [6.45, 7) is 5.33. The van der Waals surface area contributed by atoms with Crippen molar-refractivity contribution in [2.75, 3.05) is 19.6 Å². The predicted octanol–water partition coefficient (Wildman–Crippen LogP) is 5.13. The van der Waals surface area contributed by atoms with Crippen molar-refractivity contribution in [2.24, 2.45) is 0 Å². The number of rotatable bonds is 8. The molecule has 114 valence electrons. The molecular weight excluding hydrogens is 266 g/mol. The Hall–Kier alpha value is -2.12. The van der Waals surface area contributed by atoms with E-state index >= 15 is 0 Å². The molecule has 0 aromatic heterocycles. The number of nitrogens with zero attached hydrogens (tertiary/aromatic N) is 1. The lowest BCUT2D eigenvalue weighted by Gasteiger charge is -2.17. The van der Waals surface area contributed by atoms with Gasteiger partial charge in [-0.25, -0.2) is 0 Å². The molecule has 0 N–H and O–H groups in total. The van der Waals surface area contributed by atoms with Gasteiger partial charge in [0.1, 0.15) is 0 Å². The van der Waals surface area contributed by atoms with E-state index < -0.39 is 0 Å². The van der Waals surface area contributed by atoms with E-state index in [1.165, 1.54) is 17.5 Å². The molecule has 0 aliphatic rings. The smallest absolute Gasteiger partial charge is 0.0169 e. The molecule has 2 rings (SSSR count). The molecule has 0 saturated carbocycles. The molecule has 0 radical (unpaired) electrons. The van der Waals surface area contributed by atoms with E-state index in [4.69, 9.17) is 0 Å². The Labute approximate surface area is 134 Å². The minimum atomic E-state index is 0.988. The lowest BCUT2D eigenvalue weighted by atomic mass is 10.2. The molecule has 0 amide bonds. The SMILES string of the molecule is CCCN(C/C=C/c1ccccc1)C/C=C/c1ccccc1. The first-order chi connectivity index (χ1) is 10.9. The van der Waals surface area contributed by atoms with Crippen molar-refractivity contribution in [2.45, 2.75) is 13.3 Å². The molecule has 0 spiro atoms. The summed E-state index contributed by atoms with van der Waals surface area (Å²) in [4.78, 5) is 2.46. The summed E-state index contributed by atoms with van der Waals surface area (Å²) in [5, 5.41) is 0. The van der Waals surface area contributed by atoms with Gasteiger partial charge in [0.2, 0.25) is 0 Å². The normalized spacial score (nSPS) is 11.7. The average molecular weight is 291 g/mol. The first-order valence-corrected chi connectivity index (χ1v) is 8.04. The van der Waals surface area contributed by atoms with Gasteiger partial charge >= 0.3 is 0 Å². The predicted molar refractivity (Wildman–Crippen MR) is 97.7 cm³/mol. The van der Waals surface area contributed by atoms with Gasteiger partial charge in [0.15, 0.2) is 0 Å². The molecule has 0 aliphatic heterocycles. The van der Waals surface area contributed by atoms with Gasteiger partial charge < -0.3 is 0 Å². The van der Waals surface area contributed by atoms with E-state index in [1.54, 1.807) is 0 Å². The maximum Gasteiger partial charge on any atom is 0.0169 e.